The Labute approximate surface area is 74.2 Å². The molecule has 2 nitrogen and oxygen atoms in total. The van der Waals surface area contributed by atoms with Crippen LogP contribution in [0.5, 0.6) is 0 Å². The molecule has 0 saturated heterocycles. The van der Waals surface area contributed by atoms with Gasteiger partial charge in [-0.25, -0.2) is 0 Å². The lowest BCUT2D eigenvalue weighted by Gasteiger charge is -1.87. The molecule has 0 aromatic rings. The van der Waals surface area contributed by atoms with Gasteiger partial charge >= 0.3 is 0 Å². The van der Waals surface area contributed by atoms with Crippen LogP contribution in [-0.4, -0.2) is 23.4 Å². The second kappa shape index (κ2) is 10.4. The number of hydrogen-bond acceptors (Lipinski definition) is 2. The van der Waals surface area contributed by atoms with Gasteiger partial charge in [-0.05, 0) is 25.7 Å². The molecule has 2 heteroatoms. The lowest BCUT2D eigenvalue weighted by atomic mass is 10.2. The van der Waals surface area contributed by atoms with E-state index in [1.54, 1.807) is 0 Å². The standard InChI is InChI=1S/C10H18O2/c11-9-7-5-3-1-2-4-6-8-10-12/h3-6,11-12H,1-2,7-10H2. The molecule has 70 valence electrons. The first-order chi connectivity index (χ1) is 5.91. The van der Waals surface area contributed by atoms with Crippen LogP contribution in [-0.2, 0) is 0 Å². The van der Waals surface area contributed by atoms with Crippen molar-refractivity contribution >= 4 is 0 Å². The van der Waals surface area contributed by atoms with Gasteiger partial charge in [0.05, 0.1) is 0 Å². The monoisotopic (exact) mass is 170 g/mol. The van der Waals surface area contributed by atoms with Gasteiger partial charge in [-0.15, -0.1) is 0 Å². The molecular formula is C10H18O2. The minimum Gasteiger partial charge on any atom is -0.396 e. The van der Waals surface area contributed by atoms with E-state index >= 15 is 0 Å². The van der Waals surface area contributed by atoms with Crippen molar-refractivity contribution in [3.8, 4) is 0 Å². The van der Waals surface area contributed by atoms with Gasteiger partial charge in [0.1, 0.15) is 0 Å². The third-order valence-electron chi connectivity index (χ3n) is 1.42. The molecule has 0 fully saturated rings. The summed E-state index contributed by atoms with van der Waals surface area (Å²) in [7, 11) is 0. The lowest BCUT2D eigenvalue weighted by Crippen LogP contribution is -1.76. The first-order valence-corrected chi connectivity index (χ1v) is 4.43. The Morgan fingerprint density at radius 3 is 1.25 bits per heavy atom. The molecule has 0 saturated carbocycles. The van der Waals surface area contributed by atoms with E-state index in [9.17, 15) is 0 Å². The highest BCUT2D eigenvalue weighted by atomic mass is 16.3. The Bertz CT molecular complexity index is 112. The summed E-state index contributed by atoms with van der Waals surface area (Å²) in [5, 5.41) is 16.9. The van der Waals surface area contributed by atoms with E-state index in [4.69, 9.17) is 10.2 Å². The van der Waals surface area contributed by atoms with E-state index in [2.05, 4.69) is 12.2 Å². The first-order valence-electron chi connectivity index (χ1n) is 4.43. The van der Waals surface area contributed by atoms with Crippen LogP contribution in [0.15, 0.2) is 24.3 Å². The Balaban J connectivity index is 3.09. The minimum atomic E-state index is 0.233. The average molecular weight is 170 g/mol. The van der Waals surface area contributed by atoms with Gasteiger partial charge in [-0.2, -0.15) is 0 Å². The fourth-order valence-electron chi connectivity index (χ4n) is 0.813. The number of allylic oxidation sites excluding steroid dienone is 2. The number of hydrogen-bond donors (Lipinski definition) is 2. The third-order valence-corrected chi connectivity index (χ3v) is 1.42. The molecule has 0 heterocycles. The maximum Gasteiger partial charge on any atom is 0.0465 e. The molecule has 0 aliphatic heterocycles. The van der Waals surface area contributed by atoms with E-state index in [1.165, 1.54) is 0 Å². The maximum absolute atomic E-state index is 8.45. The molecule has 0 aliphatic carbocycles. The molecule has 12 heavy (non-hydrogen) atoms. The highest BCUT2D eigenvalue weighted by Crippen LogP contribution is 1.95. The Kier molecular flexibility index (Phi) is 9.88. The molecule has 0 rings (SSSR count). The topological polar surface area (TPSA) is 40.5 Å². The predicted molar refractivity (Wildman–Crippen MR) is 50.9 cm³/mol. The maximum atomic E-state index is 8.45. The highest BCUT2D eigenvalue weighted by Gasteiger charge is 1.77. The minimum absolute atomic E-state index is 0.233. The van der Waals surface area contributed by atoms with Crippen molar-refractivity contribution in [3.63, 3.8) is 0 Å². The molecule has 0 spiro atoms. The van der Waals surface area contributed by atoms with Crippen LogP contribution in [0.3, 0.4) is 0 Å². The highest BCUT2D eigenvalue weighted by molar-refractivity contribution is 4.87. The van der Waals surface area contributed by atoms with E-state index in [-0.39, 0.29) is 13.2 Å². The molecule has 0 atom stereocenters. The second-order valence-electron chi connectivity index (χ2n) is 2.54. The summed E-state index contributed by atoms with van der Waals surface area (Å²) in [6.07, 6.45) is 11.6. The van der Waals surface area contributed by atoms with Crippen LogP contribution in [0.1, 0.15) is 25.7 Å². The van der Waals surface area contributed by atoms with Crippen molar-refractivity contribution in [2.75, 3.05) is 13.2 Å². The van der Waals surface area contributed by atoms with E-state index < -0.39 is 0 Å². The van der Waals surface area contributed by atoms with E-state index in [1.807, 2.05) is 12.2 Å². The summed E-state index contributed by atoms with van der Waals surface area (Å²) in [6, 6.07) is 0. The molecule has 0 aliphatic rings. The number of unbranched alkanes of at least 4 members (excludes halogenated alkanes) is 1. The van der Waals surface area contributed by atoms with Crippen molar-refractivity contribution < 1.29 is 10.2 Å². The first kappa shape index (κ1) is 11.4. The smallest absolute Gasteiger partial charge is 0.0465 e. The van der Waals surface area contributed by atoms with Crippen molar-refractivity contribution in [1.82, 2.24) is 0 Å². The quantitative estimate of drug-likeness (QED) is 0.450. The molecule has 0 aromatic heterocycles. The number of aliphatic hydroxyl groups is 2. The SMILES string of the molecule is OCCC=CCCC=CCCO. The zero-order valence-corrected chi connectivity index (χ0v) is 7.45. The largest absolute Gasteiger partial charge is 0.396 e. The summed E-state index contributed by atoms with van der Waals surface area (Å²) in [5.41, 5.74) is 0. The summed E-state index contributed by atoms with van der Waals surface area (Å²) in [5.74, 6) is 0. The average Bonchev–Trinajstić information content (AvgIpc) is 2.10. The number of aliphatic hydroxyl groups excluding tert-OH is 2. The number of rotatable bonds is 7. The van der Waals surface area contributed by atoms with Crippen molar-refractivity contribution in [3.05, 3.63) is 24.3 Å². The van der Waals surface area contributed by atoms with Crippen LogP contribution in [0.2, 0.25) is 0 Å². The van der Waals surface area contributed by atoms with Crippen molar-refractivity contribution in [2.24, 2.45) is 0 Å². The van der Waals surface area contributed by atoms with Gasteiger partial charge in [-0.3, -0.25) is 0 Å². The summed E-state index contributed by atoms with van der Waals surface area (Å²) >= 11 is 0. The van der Waals surface area contributed by atoms with Crippen molar-refractivity contribution in [1.29, 1.82) is 0 Å². The van der Waals surface area contributed by atoms with Crippen molar-refractivity contribution in [2.45, 2.75) is 25.7 Å². The van der Waals surface area contributed by atoms with Gasteiger partial charge in [0, 0.05) is 13.2 Å². The summed E-state index contributed by atoms with van der Waals surface area (Å²) < 4.78 is 0. The third kappa shape index (κ3) is 9.40. The van der Waals surface area contributed by atoms with Gasteiger partial charge in [0.15, 0.2) is 0 Å². The van der Waals surface area contributed by atoms with Crippen LogP contribution < -0.4 is 0 Å². The second-order valence-corrected chi connectivity index (χ2v) is 2.54. The van der Waals surface area contributed by atoms with Gasteiger partial charge < -0.3 is 10.2 Å². The van der Waals surface area contributed by atoms with Crippen LogP contribution in [0.4, 0.5) is 0 Å². The van der Waals surface area contributed by atoms with Crippen LogP contribution in [0, 0.1) is 0 Å². The lowest BCUT2D eigenvalue weighted by molar-refractivity contribution is 0.302. The molecule has 2 N–H and O–H groups in total. The van der Waals surface area contributed by atoms with Crippen LogP contribution in [0.25, 0.3) is 0 Å². The summed E-state index contributed by atoms with van der Waals surface area (Å²) in [6.45, 7) is 0.466. The van der Waals surface area contributed by atoms with E-state index in [0.29, 0.717) is 0 Å². The van der Waals surface area contributed by atoms with Gasteiger partial charge in [0.2, 0.25) is 0 Å². The van der Waals surface area contributed by atoms with E-state index in [0.717, 1.165) is 25.7 Å². The van der Waals surface area contributed by atoms with Gasteiger partial charge in [-0.1, -0.05) is 24.3 Å². The fourth-order valence-corrected chi connectivity index (χ4v) is 0.813. The van der Waals surface area contributed by atoms with Gasteiger partial charge in [0.25, 0.3) is 0 Å². The van der Waals surface area contributed by atoms with Crippen LogP contribution >= 0.6 is 0 Å². The summed E-state index contributed by atoms with van der Waals surface area (Å²) in [4.78, 5) is 0. The Morgan fingerprint density at radius 1 is 0.583 bits per heavy atom. The molecule has 0 amide bonds. The fraction of sp³-hybridized carbons (Fsp3) is 0.600. The molecule has 0 unspecified atom stereocenters. The Hall–Kier alpha value is -0.600. The molecule has 0 aromatic carbocycles. The predicted octanol–water partition coefficient (Wildman–Crippen LogP) is 1.64. The zero-order valence-electron chi connectivity index (χ0n) is 7.45. The molecule has 0 bridgehead atoms. The normalized spacial score (nSPS) is 11.8. The molecule has 0 radical (unpaired) electrons. The zero-order chi connectivity index (χ0) is 9.07. The Morgan fingerprint density at radius 2 is 0.917 bits per heavy atom. The molecular weight excluding hydrogens is 152 g/mol.